The minimum absolute atomic E-state index is 0.181. The maximum Gasteiger partial charge on any atom is 0.326 e. The molecule has 7 heteroatoms. The summed E-state index contributed by atoms with van der Waals surface area (Å²) in [6.07, 6.45) is 2.14. The number of carbonyl (C=O) groups excluding carboxylic acids is 1. The third-order valence-corrected chi connectivity index (χ3v) is 5.06. The van der Waals surface area contributed by atoms with Gasteiger partial charge in [-0.25, -0.2) is 13.2 Å². The fourth-order valence-corrected chi connectivity index (χ4v) is 2.03. The van der Waals surface area contributed by atoms with Crippen LogP contribution < -0.4 is 5.32 Å². The Kier molecular flexibility index (Phi) is 6.21. The monoisotopic (exact) mass is 291 g/mol. The quantitative estimate of drug-likeness (QED) is 0.674. The molecular formula is C12H21NO5S. The maximum absolute atomic E-state index is 11.8. The molecule has 1 unspecified atom stereocenters. The molecule has 1 atom stereocenters. The van der Waals surface area contributed by atoms with Gasteiger partial charge in [-0.05, 0) is 33.6 Å². The fourth-order valence-electron chi connectivity index (χ4n) is 1.17. The highest BCUT2D eigenvalue weighted by Gasteiger charge is 2.32. The first-order chi connectivity index (χ1) is 8.51. The normalized spacial score (nSPS) is 13.6. The lowest BCUT2D eigenvalue weighted by molar-refractivity contribution is -0.141. The first kappa shape index (κ1) is 17.6. The molecule has 0 bridgehead atoms. The van der Waals surface area contributed by atoms with Crippen molar-refractivity contribution >= 4 is 21.7 Å². The lowest BCUT2D eigenvalue weighted by Gasteiger charge is -2.20. The lowest BCUT2D eigenvalue weighted by Crippen LogP contribution is -2.45. The van der Waals surface area contributed by atoms with Gasteiger partial charge < -0.3 is 10.4 Å². The highest BCUT2D eigenvalue weighted by Crippen LogP contribution is 2.15. The second-order valence-electron chi connectivity index (χ2n) is 5.20. The lowest BCUT2D eigenvalue weighted by atomic mass is 10.1. The van der Waals surface area contributed by atoms with Crippen LogP contribution in [0.3, 0.4) is 0 Å². The summed E-state index contributed by atoms with van der Waals surface area (Å²) < 4.78 is 22.6. The van der Waals surface area contributed by atoms with Crippen molar-refractivity contribution in [2.24, 2.45) is 0 Å². The van der Waals surface area contributed by atoms with Crippen LogP contribution in [-0.2, 0) is 19.4 Å². The van der Waals surface area contributed by atoms with Gasteiger partial charge in [0.15, 0.2) is 9.84 Å². The zero-order valence-corrected chi connectivity index (χ0v) is 12.3. The number of carbonyl (C=O) groups is 2. The van der Waals surface area contributed by atoms with Crippen LogP contribution >= 0.6 is 0 Å². The Labute approximate surface area is 113 Å². The molecule has 0 fully saturated rings. The van der Waals surface area contributed by atoms with Crippen molar-refractivity contribution < 1.29 is 23.1 Å². The average Bonchev–Trinajstić information content (AvgIpc) is 2.21. The Morgan fingerprint density at radius 3 is 2.26 bits per heavy atom. The first-order valence-electron chi connectivity index (χ1n) is 5.86. The van der Waals surface area contributed by atoms with Gasteiger partial charge >= 0.3 is 5.97 Å². The van der Waals surface area contributed by atoms with Crippen LogP contribution in [0.25, 0.3) is 0 Å². The highest BCUT2D eigenvalue weighted by atomic mass is 32.2. The largest absolute Gasteiger partial charge is 0.480 e. The third kappa shape index (κ3) is 5.87. The molecule has 0 aliphatic carbocycles. The molecule has 0 saturated heterocycles. The molecule has 2 N–H and O–H groups in total. The second kappa shape index (κ2) is 6.70. The Balaban J connectivity index is 4.68. The van der Waals surface area contributed by atoms with Crippen LogP contribution in [-0.4, -0.2) is 41.9 Å². The van der Waals surface area contributed by atoms with Gasteiger partial charge in [-0.15, -0.1) is 6.58 Å². The first-order valence-corrected chi connectivity index (χ1v) is 7.52. The molecule has 0 aromatic rings. The fraction of sp³-hybridized carbons (Fsp3) is 0.667. The van der Waals surface area contributed by atoms with E-state index in [-0.39, 0.29) is 6.42 Å². The minimum Gasteiger partial charge on any atom is -0.480 e. The smallest absolute Gasteiger partial charge is 0.326 e. The van der Waals surface area contributed by atoms with Gasteiger partial charge in [0, 0.05) is 0 Å². The van der Waals surface area contributed by atoms with Gasteiger partial charge in [0.2, 0.25) is 5.91 Å². The van der Waals surface area contributed by atoms with E-state index in [2.05, 4.69) is 11.9 Å². The molecule has 0 saturated carbocycles. The summed E-state index contributed by atoms with van der Waals surface area (Å²) in [6, 6.07) is -1.10. The van der Waals surface area contributed by atoms with E-state index in [9.17, 15) is 18.0 Å². The molecule has 0 aliphatic heterocycles. The predicted octanol–water partition coefficient (Wildman–Crippen LogP) is 0.735. The molecule has 0 aromatic heterocycles. The average molecular weight is 291 g/mol. The Hall–Kier alpha value is -1.37. The maximum atomic E-state index is 11.8. The topological polar surface area (TPSA) is 101 Å². The molecule has 0 rings (SSSR count). The summed E-state index contributed by atoms with van der Waals surface area (Å²) in [5, 5.41) is 11.1. The summed E-state index contributed by atoms with van der Waals surface area (Å²) in [5.74, 6) is -2.70. The van der Waals surface area contributed by atoms with Crippen molar-refractivity contribution in [1.29, 1.82) is 0 Å². The van der Waals surface area contributed by atoms with Gasteiger partial charge in [0.1, 0.15) is 11.8 Å². The van der Waals surface area contributed by atoms with Crippen molar-refractivity contribution in [3.05, 3.63) is 12.7 Å². The standard InChI is InChI=1S/C12H21NO5S/c1-5-6-7-9(11(15)16)13-10(14)8-19(17,18)12(2,3)4/h5,9H,1,6-8H2,2-4H3,(H,13,14)(H,15,16). The number of hydrogen-bond donors (Lipinski definition) is 2. The van der Waals surface area contributed by atoms with E-state index < -0.39 is 38.3 Å². The van der Waals surface area contributed by atoms with Gasteiger partial charge in [-0.3, -0.25) is 4.79 Å². The number of rotatable bonds is 7. The second-order valence-corrected chi connectivity index (χ2v) is 7.94. The SMILES string of the molecule is C=CCCC(NC(=O)CS(=O)(=O)C(C)(C)C)C(=O)O. The van der Waals surface area contributed by atoms with Crippen molar-refractivity contribution in [3.8, 4) is 0 Å². The van der Waals surface area contributed by atoms with E-state index in [4.69, 9.17) is 5.11 Å². The highest BCUT2D eigenvalue weighted by molar-refractivity contribution is 7.93. The third-order valence-electron chi connectivity index (χ3n) is 2.55. The van der Waals surface area contributed by atoms with Crippen LogP contribution in [0.1, 0.15) is 33.6 Å². The van der Waals surface area contributed by atoms with Crippen LogP contribution in [0.15, 0.2) is 12.7 Å². The molecule has 0 heterocycles. The number of nitrogens with one attached hydrogen (secondary N) is 1. The number of amides is 1. The van der Waals surface area contributed by atoms with E-state index in [0.717, 1.165) is 0 Å². The molecule has 19 heavy (non-hydrogen) atoms. The van der Waals surface area contributed by atoms with Gasteiger partial charge in [-0.2, -0.15) is 0 Å². The number of carboxylic acid groups (broad SMARTS) is 1. The van der Waals surface area contributed by atoms with Crippen molar-refractivity contribution in [2.75, 3.05) is 5.75 Å². The van der Waals surface area contributed by atoms with E-state index in [1.165, 1.54) is 26.8 Å². The zero-order valence-electron chi connectivity index (χ0n) is 11.5. The summed E-state index contributed by atoms with van der Waals surface area (Å²) in [4.78, 5) is 22.5. The number of carboxylic acids is 1. The number of allylic oxidation sites excluding steroid dienone is 1. The molecule has 0 radical (unpaired) electrons. The summed E-state index contributed by atoms with van der Waals surface area (Å²) >= 11 is 0. The Morgan fingerprint density at radius 1 is 1.37 bits per heavy atom. The molecule has 6 nitrogen and oxygen atoms in total. The molecule has 0 aliphatic rings. The summed E-state index contributed by atoms with van der Waals surface area (Å²) in [7, 11) is -3.61. The van der Waals surface area contributed by atoms with Gasteiger partial charge in [0.05, 0.1) is 4.75 Å². The molecule has 110 valence electrons. The van der Waals surface area contributed by atoms with E-state index in [1.807, 2.05) is 0 Å². The van der Waals surface area contributed by atoms with Crippen LogP contribution in [0.5, 0.6) is 0 Å². The van der Waals surface area contributed by atoms with E-state index >= 15 is 0 Å². The predicted molar refractivity (Wildman–Crippen MR) is 72.5 cm³/mol. The summed E-state index contributed by atoms with van der Waals surface area (Å²) in [5.41, 5.74) is 0. The van der Waals surface area contributed by atoms with Crippen LogP contribution in [0, 0.1) is 0 Å². The minimum atomic E-state index is -3.61. The van der Waals surface area contributed by atoms with Crippen LogP contribution in [0.2, 0.25) is 0 Å². The number of aliphatic carboxylic acids is 1. The molecule has 0 aromatic carbocycles. The Morgan fingerprint density at radius 2 is 1.89 bits per heavy atom. The molecule has 0 spiro atoms. The van der Waals surface area contributed by atoms with Crippen LogP contribution in [0.4, 0.5) is 0 Å². The zero-order chi connectivity index (χ0) is 15.3. The van der Waals surface area contributed by atoms with Crippen molar-refractivity contribution in [1.82, 2.24) is 5.32 Å². The number of sulfone groups is 1. The Bertz CT molecular complexity index is 447. The summed E-state index contributed by atoms with van der Waals surface area (Å²) in [6.45, 7) is 7.93. The van der Waals surface area contributed by atoms with Gasteiger partial charge in [0.25, 0.3) is 0 Å². The van der Waals surface area contributed by atoms with Crippen molar-refractivity contribution in [2.45, 2.75) is 44.4 Å². The van der Waals surface area contributed by atoms with Gasteiger partial charge in [-0.1, -0.05) is 6.08 Å². The molecular weight excluding hydrogens is 270 g/mol. The van der Waals surface area contributed by atoms with E-state index in [0.29, 0.717) is 6.42 Å². The number of hydrogen-bond acceptors (Lipinski definition) is 4. The van der Waals surface area contributed by atoms with E-state index in [1.54, 1.807) is 0 Å². The van der Waals surface area contributed by atoms with Crippen molar-refractivity contribution in [3.63, 3.8) is 0 Å². The molecule has 1 amide bonds.